The summed E-state index contributed by atoms with van der Waals surface area (Å²) in [6, 6.07) is 10.6. The number of urea groups is 1. The van der Waals surface area contributed by atoms with Crippen molar-refractivity contribution < 1.29 is 4.79 Å². The van der Waals surface area contributed by atoms with Gasteiger partial charge in [0, 0.05) is 24.7 Å². The van der Waals surface area contributed by atoms with Crippen molar-refractivity contribution in [1.82, 2.24) is 15.2 Å². The van der Waals surface area contributed by atoms with Crippen LogP contribution in [0.3, 0.4) is 0 Å². The highest BCUT2D eigenvalue weighted by Gasteiger charge is 2.21. The van der Waals surface area contributed by atoms with Gasteiger partial charge in [0.25, 0.3) is 0 Å². The first kappa shape index (κ1) is 16.0. The van der Waals surface area contributed by atoms with E-state index in [4.69, 9.17) is 0 Å². The maximum absolute atomic E-state index is 11.3. The van der Waals surface area contributed by atoms with E-state index in [0.717, 1.165) is 19.6 Å². The van der Waals surface area contributed by atoms with Crippen LogP contribution in [0.5, 0.6) is 0 Å². The summed E-state index contributed by atoms with van der Waals surface area (Å²) in [5.41, 5.74) is 1.46. The Morgan fingerprint density at radius 3 is 2.74 bits per heavy atom. The van der Waals surface area contributed by atoms with Crippen molar-refractivity contribution in [3.8, 4) is 0 Å². The van der Waals surface area contributed by atoms with Crippen molar-refractivity contribution in [1.29, 1.82) is 0 Å². The van der Waals surface area contributed by atoms with Gasteiger partial charge in [0.2, 0.25) is 0 Å². The molecule has 2 amide bonds. The minimum atomic E-state index is -0.227. The van der Waals surface area contributed by atoms with Crippen LogP contribution in [-0.4, -0.2) is 36.1 Å². The van der Waals surface area contributed by atoms with Gasteiger partial charge < -0.3 is 5.32 Å². The summed E-state index contributed by atoms with van der Waals surface area (Å²) in [5, 5.41) is 5.90. The molecule has 1 aromatic heterocycles. The summed E-state index contributed by atoms with van der Waals surface area (Å²) >= 11 is 1.54. The molecule has 1 aromatic carbocycles. The molecule has 0 bridgehead atoms. The van der Waals surface area contributed by atoms with E-state index >= 15 is 0 Å². The van der Waals surface area contributed by atoms with Crippen LogP contribution < -0.4 is 10.6 Å². The molecule has 0 spiro atoms. The smallest absolute Gasteiger partial charge is 0.320 e. The van der Waals surface area contributed by atoms with Gasteiger partial charge in [0.05, 0.1) is 0 Å². The number of hydrogen-bond acceptors (Lipinski definition) is 4. The highest BCUT2D eigenvalue weighted by atomic mass is 32.1. The van der Waals surface area contributed by atoms with Gasteiger partial charge >= 0.3 is 6.03 Å². The molecule has 1 aliphatic heterocycles. The van der Waals surface area contributed by atoms with Gasteiger partial charge in [-0.3, -0.25) is 10.2 Å². The molecule has 1 aliphatic rings. The average molecular weight is 330 g/mol. The van der Waals surface area contributed by atoms with Crippen molar-refractivity contribution in [2.45, 2.75) is 25.3 Å². The zero-order valence-electron chi connectivity index (χ0n) is 13.3. The van der Waals surface area contributed by atoms with Crippen LogP contribution >= 0.6 is 11.3 Å². The van der Waals surface area contributed by atoms with Crippen molar-refractivity contribution >= 4 is 22.5 Å². The Morgan fingerprint density at radius 2 is 2.04 bits per heavy atom. The number of carbonyl (C=O) groups excluding carboxylic acids is 1. The van der Waals surface area contributed by atoms with Crippen molar-refractivity contribution in [2.75, 3.05) is 25.5 Å². The predicted octanol–water partition coefficient (Wildman–Crippen LogP) is 3.27. The number of nitrogens with one attached hydrogen (secondary N) is 2. The molecule has 2 heterocycles. The molecule has 2 aromatic rings. The first-order chi connectivity index (χ1) is 11.2. The van der Waals surface area contributed by atoms with E-state index in [1.165, 1.54) is 23.3 Å². The third-order valence-corrected chi connectivity index (χ3v) is 5.14. The molecule has 122 valence electrons. The number of thiazole rings is 1. The third-order valence-electron chi connectivity index (χ3n) is 4.24. The standard InChI is InChI=1S/C17H22N4OS/c1-18-16(22)20-17-19-11-15(23-17)12-21-9-7-14(8-10-21)13-5-3-2-4-6-13/h2-6,11,14H,7-10,12H2,1H3,(H2,18,19,20,22). The van der Waals surface area contributed by atoms with E-state index in [1.54, 1.807) is 18.4 Å². The number of benzene rings is 1. The van der Waals surface area contributed by atoms with Crippen molar-refractivity contribution in [2.24, 2.45) is 0 Å². The fraction of sp³-hybridized carbons (Fsp3) is 0.412. The number of carbonyl (C=O) groups is 1. The molecule has 3 rings (SSSR count). The topological polar surface area (TPSA) is 57.3 Å². The second-order valence-corrected chi connectivity index (χ2v) is 6.91. The minimum Gasteiger partial charge on any atom is -0.341 e. The van der Waals surface area contributed by atoms with Crippen LogP contribution in [0.4, 0.5) is 9.93 Å². The van der Waals surface area contributed by atoms with Crippen molar-refractivity contribution in [3.05, 3.63) is 47.0 Å². The molecule has 1 fully saturated rings. The summed E-state index contributed by atoms with van der Waals surface area (Å²) in [5.74, 6) is 0.680. The zero-order valence-corrected chi connectivity index (χ0v) is 14.1. The van der Waals surface area contributed by atoms with Crippen LogP contribution in [0.1, 0.15) is 29.2 Å². The number of piperidine rings is 1. The second-order valence-electron chi connectivity index (χ2n) is 5.80. The third kappa shape index (κ3) is 4.30. The predicted molar refractivity (Wildman–Crippen MR) is 93.9 cm³/mol. The summed E-state index contributed by atoms with van der Waals surface area (Å²) in [6.45, 7) is 3.12. The monoisotopic (exact) mass is 330 g/mol. The maximum atomic E-state index is 11.3. The maximum Gasteiger partial charge on any atom is 0.320 e. The Bertz CT molecular complexity index is 635. The van der Waals surface area contributed by atoms with Crippen LogP contribution in [0.2, 0.25) is 0 Å². The molecule has 0 atom stereocenters. The number of hydrogen-bond donors (Lipinski definition) is 2. The average Bonchev–Trinajstić information content (AvgIpc) is 3.03. The lowest BCUT2D eigenvalue weighted by molar-refractivity contribution is 0.206. The Balaban J connectivity index is 1.50. The molecule has 23 heavy (non-hydrogen) atoms. The lowest BCUT2D eigenvalue weighted by Gasteiger charge is -2.31. The van der Waals surface area contributed by atoms with Crippen LogP contribution in [0.25, 0.3) is 0 Å². The molecular weight excluding hydrogens is 308 g/mol. The van der Waals surface area contributed by atoms with Gasteiger partial charge in [0.1, 0.15) is 0 Å². The Labute approximate surface area is 140 Å². The lowest BCUT2D eigenvalue weighted by Crippen LogP contribution is -2.32. The van der Waals surface area contributed by atoms with E-state index < -0.39 is 0 Å². The molecular formula is C17H22N4OS. The molecule has 0 aliphatic carbocycles. The van der Waals surface area contributed by atoms with Crippen LogP contribution in [0, 0.1) is 0 Å². The van der Waals surface area contributed by atoms with E-state index in [9.17, 15) is 4.79 Å². The molecule has 0 unspecified atom stereocenters. The summed E-state index contributed by atoms with van der Waals surface area (Å²) in [7, 11) is 1.60. The highest BCUT2D eigenvalue weighted by molar-refractivity contribution is 7.15. The van der Waals surface area contributed by atoms with Crippen LogP contribution in [0.15, 0.2) is 36.5 Å². The largest absolute Gasteiger partial charge is 0.341 e. The molecule has 5 nitrogen and oxygen atoms in total. The normalized spacial score (nSPS) is 16.2. The summed E-state index contributed by atoms with van der Waals surface area (Å²) in [6.07, 6.45) is 4.26. The van der Waals surface area contributed by atoms with Gasteiger partial charge in [-0.25, -0.2) is 9.78 Å². The number of aromatic nitrogens is 1. The Kier molecular flexibility index (Phi) is 5.25. The molecule has 6 heteroatoms. The van der Waals surface area contributed by atoms with Gasteiger partial charge in [-0.05, 0) is 37.4 Å². The summed E-state index contributed by atoms with van der Waals surface area (Å²) < 4.78 is 0. The zero-order chi connectivity index (χ0) is 16.1. The number of rotatable bonds is 4. The highest BCUT2D eigenvalue weighted by Crippen LogP contribution is 2.29. The SMILES string of the molecule is CNC(=O)Nc1ncc(CN2CCC(c3ccccc3)CC2)s1. The number of amides is 2. The first-order valence-electron chi connectivity index (χ1n) is 7.95. The lowest BCUT2D eigenvalue weighted by atomic mass is 9.89. The Morgan fingerprint density at radius 1 is 1.30 bits per heavy atom. The van der Waals surface area contributed by atoms with Gasteiger partial charge in [-0.2, -0.15) is 0 Å². The van der Waals surface area contributed by atoms with Gasteiger partial charge in [-0.1, -0.05) is 30.3 Å². The fourth-order valence-electron chi connectivity index (χ4n) is 2.97. The number of nitrogens with zero attached hydrogens (tertiary/aromatic N) is 2. The number of anilines is 1. The van der Waals surface area contributed by atoms with E-state index in [-0.39, 0.29) is 6.03 Å². The molecule has 1 saturated heterocycles. The van der Waals surface area contributed by atoms with E-state index in [0.29, 0.717) is 11.0 Å². The van der Waals surface area contributed by atoms with Gasteiger partial charge in [-0.15, -0.1) is 11.3 Å². The van der Waals surface area contributed by atoms with Crippen LogP contribution in [-0.2, 0) is 6.54 Å². The quantitative estimate of drug-likeness (QED) is 0.904. The van der Waals surface area contributed by atoms with Gasteiger partial charge in [0.15, 0.2) is 5.13 Å². The van der Waals surface area contributed by atoms with E-state index in [1.807, 2.05) is 6.20 Å². The number of likely N-dealkylation sites (tertiary alicyclic amines) is 1. The summed E-state index contributed by atoms with van der Waals surface area (Å²) in [4.78, 5) is 19.2. The Hall–Kier alpha value is -1.92. The molecule has 0 radical (unpaired) electrons. The van der Waals surface area contributed by atoms with Crippen molar-refractivity contribution in [3.63, 3.8) is 0 Å². The first-order valence-corrected chi connectivity index (χ1v) is 8.77. The molecule has 0 saturated carbocycles. The minimum absolute atomic E-state index is 0.227. The van der Waals surface area contributed by atoms with E-state index in [2.05, 4.69) is 50.8 Å². The second kappa shape index (κ2) is 7.57. The molecule has 2 N–H and O–H groups in total. The fourth-order valence-corrected chi connectivity index (χ4v) is 3.82.